The number of fused-ring (bicyclic) bond motifs is 2. The number of pyridine rings is 2. The first kappa shape index (κ1) is 13.6. The summed E-state index contributed by atoms with van der Waals surface area (Å²) in [5.41, 5.74) is 0.784. The molecule has 4 heterocycles. The molecule has 0 spiro atoms. The van der Waals surface area contributed by atoms with Crippen molar-refractivity contribution in [3.8, 4) is 0 Å². The van der Waals surface area contributed by atoms with Crippen LogP contribution in [0.2, 0.25) is 0 Å². The number of nitrogens with zero attached hydrogens (tertiary/aromatic N) is 4. The zero-order valence-electron chi connectivity index (χ0n) is 11.0. The van der Waals surface area contributed by atoms with E-state index in [0.717, 1.165) is 12.4 Å². The van der Waals surface area contributed by atoms with Crippen molar-refractivity contribution in [2.24, 2.45) is 0 Å². The Morgan fingerprint density at radius 1 is 0.682 bits per heavy atom. The zero-order valence-corrected chi connectivity index (χ0v) is 11.0. The molecule has 0 aliphatic rings. The molecule has 0 aliphatic heterocycles. The monoisotopic (exact) mass is 296 g/mol. The van der Waals surface area contributed by atoms with Crippen molar-refractivity contribution >= 4 is 22.5 Å². The summed E-state index contributed by atoms with van der Waals surface area (Å²) in [4.78, 5) is 36.5. The fraction of sp³-hybridized carbons (Fsp3) is 0. The highest BCUT2D eigenvalue weighted by molar-refractivity contribution is 5.66. The van der Waals surface area contributed by atoms with E-state index in [4.69, 9.17) is 8.83 Å². The maximum atomic E-state index is 10.6. The van der Waals surface area contributed by atoms with Crippen LogP contribution in [0, 0.1) is 0 Å². The van der Waals surface area contributed by atoms with Crippen LogP contribution in [0.15, 0.2) is 67.5 Å². The van der Waals surface area contributed by atoms with Crippen LogP contribution in [0.3, 0.4) is 0 Å². The second-order valence-corrected chi connectivity index (χ2v) is 4.01. The van der Waals surface area contributed by atoms with Gasteiger partial charge >= 0.3 is 11.3 Å². The fourth-order valence-electron chi connectivity index (χ4n) is 1.61. The van der Waals surface area contributed by atoms with Crippen LogP contribution in [0.5, 0.6) is 0 Å². The predicted octanol–water partition coefficient (Wildman–Crippen LogP) is 1.17. The molecule has 22 heavy (non-hydrogen) atoms. The van der Waals surface area contributed by atoms with Crippen molar-refractivity contribution in [2.45, 2.75) is 0 Å². The standard InChI is InChI=1S/2C7H4N2O2/c2*10-6-4-9-5-2-1-3-8-7(5)11-6/h2*1-4H. The third-order valence-corrected chi connectivity index (χ3v) is 2.51. The molecule has 0 fully saturated rings. The van der Waals surface area contributed by atoms with Crippen molar-refractivity contribution in [1.82, 2.24) is 19.9 Å². The first-order valence-electron chi connectivity index (χ1n) is 6.14. The molecular weight excluding hydrogens is 288 g/mol. The van der Waals surface area contributed by atoms with E-state index in [1.54, 1.807) is 36.7 Å². The van der Waals surface area contributed by atoms with Gasteiger partial charge in [0.2, 0.25) is 11.4 Å². The highest BCUT2D eigenvalue weighted by Crippen LogP contribution is 2.02. The quantitative estimate of drug-likeness (QED) is 0.475. The second kappa shape index (κ2) is 5.92. The van der Waals surface area contributed by atoms with Gasteiger partial charge in [-0.3, -0.25) is 0 Å². The summed E-state index contributed by atoms with van der Waals surface area (Å²) in [6.07, 6.45) is 5.36. The Morgan fingerprint density at radius 3 is 1.59 bits per heavy atom. The Balaban J connectivity index is 0.000000131. The van der Waals surface area contributed by atoms with Crippen LogP contribution >= 0.6 is 0 Å². The largest absolute Gasteiger partial charge is 0.401 e. The molecule has 4 aromatic rings. The summed E-state index contributed by atoms with van der Waals surface area (Å²) < 4.78 is 9.46. The number of aromatic nitrogens is 4. The van der Waals surface area contributed by atoms with E-state index >= 15 is 0 Å². The summed E-state index contributed by atoms with van der Waals surface area (Å²) in [5, 5.41) is 0. The van der Waals surface area contributed by atoms with Crippen LogP contribution in [-0.4, -0.2) is 19.9 Å². The fourth-order valence-corrected chi connectivity index (χ4v) is 1.61. The predicted molar refractivity (Wildman–Crippen MR) is 76.1 cm³/mol. The second-order valence-electron chi connectivity index (χ2n) is 4.01. The number of hydrogen-bond donors (Lipinski definition) is 0. The summed E-state index contributed by atoms with van der Waals surface area (Å²) in [7, 11) is 0. The SMILES string of the molecule is O=c1cnc2cccnc2o1.O=c1cnc2cccnc2o1. The van der Waals surface area contributed by atoms with Gasteiger partial charge in [-0.25, -0.2) is 29.5 Å². The lowest BCUT2D eigenvalue weighted by Gasteiger charge is -1.89. The molecule has 0 saturated carbocycles. The van der Waals surface area contributed by atoms with Crippen LogP contribution in [0.1, 0.15) is 0 Å². The Labute approximate surface area is 122 Å². The Kier molecular flexibility index (Phi) is 3.65. The van der Waals surface area contributed by atoms with Gasteiger partial charge in [0, 0.05) is 12.4 Å². The van der Waals surface area contributed by atoms with Gasteiger partial charge in [-0.15, -0.1) is 0 Å². The van der Waals surface area contributed by atoms with Gasteiger partial charge in [-0.1, -0.05) is 0 Å². The topological polar surface area (TPSA) is 112 Å². The van der Waals surface area contributed by atoms with Crippen molar-refractivity contribution in [2.75, 3.05) is 0 Å². The molecule has 0 amide bonds. The van der Waals surface area contributed by atoms with Crippen LogP contribution < -0.4 is 11.3 Å². The maximum absolute atomic E-state index is 10.6. The van der Waals surface area contributed by atoms with E-state index in [0.29, 0.717) is 11.0 Å². The summed E-state index contributed by atoms with van der Waals surface area (Å²) in [6, 6.07) is 6.92. The lowest BCUT2D eigenvalue weighted by molar-refractivity contribution is 0.543. The summed E-state index contributed by atoms with van der Waals surface area (Å²) in [5.74, 6) is 0. The van der Waals surface area contributed by atoms with Crippen LogP contribution in [0.4, 0.5) is 0 Å². The molecule has 0 saturated heterocycles. The van der Waals surface area contributed by atoms with Gasteiger partial charge in [0.1, 0.15) is 23.4 Å². The minimum atomic E-state index is -0.476. The first-order valence-corrected chi connectivity index (χ1v) is 6.14. The smallest absolute Gasteiger partial charge is 0.356 e. The van der Waals surface area contributed by atoms with E-state index in [-0.39, 0.29) is 11.4 Å². The molecule has 0 atom stereocenters. The highest BCUT2D eigenvalue weighted by Gasteiger charge is 1.96. The molecule has 4 aromatic heterocycles. The highest BCUT2D eigenvalue weighted by atomic mass is 16.4. The number of rotatable bonds is 0. The molecule has 4 rings (SSSR count). The van der Waals surface area contributed by atoms with Gasteiger partial charge in [0.15, 0.2) is 0 Å². The maximum Gasteiger partial charge on any atom is 0.356 e. The molecule has 0 bridgehead atoms. The third kappa shape index (κ3) is 3.01. The minimum Gasteiger partial charge on any atom is -0.401 e. The van der Waals surface area contributed by atoms with Crippen molar-refractivity contribution < 1.29 is 8.83 Å². The van der Waals surface area contributed by atoms with Gasteiger partial charge in [-0.2, -0.15) is 0 Å². The molecule has 8 nitrogen and oxygen atoms in total. The molecule has 0 N–H and O–H groups in total. The van der Waals surface area contributed by atoms with Crippen molar-refractivity contribution in [1.29, 1.82) is 0 Å². The Morgan fingerprint density at radius 2 is 1.14 bits per heavy atom. The molecule has 0 aliphatic carbocycles. The zero-order chi connectivity index (χ0) is 15.4. The third-order valence-electron chi connectivity index (χ3n) is 2.51. The van der Waals surface area contributed by atoms with Crippen molar-refractivity contribution in [3.63, 3.8) is 0 Å². The molecule has 0 unspecified atom stereocenters. The van der Waals surface area contributed by atoms with Crippen LogP contribution in [0.25, 0.3) is 22.5 Å². The van der Waals surface area contributed by atoms with Gasteiger partial charge < -0.3 is 8.83 Å². The molecule has 8 heteroatoms. The summed E-state index contributed by atoms with van der Waals surface area (Å²) in [6.45, 7) is 0. The summed E-state index contributed by atoms with van der Waals surface area (Å²) >= 11 is 0. The molecule has 0 aromatic carbocycles. The number of hydrogen-bond acceptors (Lipinski definition) is 8. The van der Waals surface area contributed by atoms with Crippen molar-refractivity contribution in [3.05, 3.63) is 69.9 Å². The van der Waals surface area contributed by atoms with Gasteiger partial charge in [0.25, 0.3) is 0 Å². The Bertz CT molecular complexity index is 956. The molecule has 0 radical (unpaired) electrons. The first-order chi connectivity index (χ1) is 10.7. The lowest BCUT2D eigenvalue weighted by Crippen LogP contribution is -1.98. The van der Waals surface area contributed by atoms with E-state index in [9.17, 15) is 9.59 Å². The van der Waals surface area contributed by atoms with E-state index in [1.165, 1.54) is 0 Å². The van der Waals surface area contributed by atoms with E-state index < -0.39 is 11.3 Å². The van der Waals surface area contributed by atoms with Gasteiger partial charge in [0.05, 0.1) is 0 Å². The van der Waals surface area contributed by atoms with E-state index in [2.05, 4.69) is 19.9 Å². The normalized spacial score (nSPS) is 10.2. The molecule has 108 valence electrons. The molecular formula is C14H8N4O4. The lowest BCUT2D eigenvalue weighted by atomic mass is 10.4. The average Bonchev–Trinajstić information content (AvgIpc) is 2.55. The van der Waals surface area contributed by atoms with Gasteiger partial charge in [-0.05, 0) is 24.3 Å². The van der Waals surface area contributed by atoms with E-state index in [1.807, 2.05) is 0 Å². The van der Waals surface area contributed by atoms with Crippen LogP contribution in [-0.2, 0) is 0 Å². The Hall–Kier alpha value is -3.42. The minimum absolute atomic E-state index is 0.278. The average molecular weight is 296 g/mol.